The van der Waals surface area contributed by atoms with Crippen LogP contribution >= 0.6 is 11.8 Å². The van der Waals surface area contributed by atoms with Gasteiger partial charge in [0.2, 0.25) is 0 Å². The minimum absolute atomic E-state index is 0.0255. The van der Waals surface area contributed by atoms with Crippen LogP contribution in [0.25, 0.3) is 5.69 Å². The van der Waals surface area contributed by atoms with Crippen LogP contribution in [0.15, 0.2) is 35.5 Å². The highest BCUT2D eigenvalue weighted by molar-refractivity contribution is 7.98. The summed E-state index contributed by atoms with van der Waals surface area (Å²) in [5, 5.41) is 11.8. The van der Waals surface area contributed by atoms with Gasteiger partial charge in [-0.1, -0.05) is 17.0 Å². The molecule has 1 aliphatic rings. The van der Waals surface area contributed by atoms with Gasteiger partial charge in [0, 0.05) is 30.3 Å². The first-order valence-corrected chi connectivity index (χ1v) is 11.0. The number of hydrogen-bond donors (Lipinski definition) is 1. The third kappa shape index (κ3) is 5.26. The first-order chi connectivity index (χ1) is 15.0. The highest BCUT2D eigenvalue weighted by Gasteiger charge is 2.23. The molecule has 31 heavy (non-hydrogen) atoms. The van der Waals surface area contributed by atoms with Crippen LogP contribution < -0.4 is 5.32 Å². The van der Waals surface area contributed by atoms with Crippen molar-refractivity contribution in [2.45, 2.75) is 43.7 Å². The van der Waals surface area contributed by atoms with Crippen molar-refractivity contribution < 1.29 is 13.9 Å². The Morgan fingerprint density at radius 1 is 1.26 bits per heavy atom. The maximum absolute atomic E-state index is 13.4. The minimum Gasteiger partial charge on any atom is -0.376 e. The van der Waals surface area contributed by atoms with Crippen LogP contribution in [-0.4, -0.2) is 50.1 Å². The Balaban J connectivity index is 1.59. The van der Waals surface area contributed by atoms with Crippen molar-refractivity contribution in [3.05, 3.63) is 58.9 Å². The summed E-state index contributed by atoms with van der Waals surface area (Å²) in [5.41, 5.74) is 3.16. The lowest BCUT2D eigenvalue weighted by Crippen LogP contribution is -2.32. The Hall–Kier alpha value is -2.85. The van der Waals surface area contributed by atoms with E-state index < -0.39 is 0 Å². The molecule has 1 amide bonds. The van der Waals surface area contributed by atoms with Crippen LogP contribution in [-0.2, 0) is 10.5 Å². The number of carbonyl (C=O) groups excluding carboxylic acids is 1. The quantitative estimate of drug-likeness (QED) is 0.444. The van der Waals surface area contributed by atoms with Gasteiger partial charge >= 0.3 is 0 Å². The predicted molar refractivity (Wildman–Crippen MR) is 114 cm³/mol. The second-order valence-corrected chi connectivity index (χ2v) is 8.28. The fourth-order valence-electron chi connectivity index (χ4n) is 3.38. The van der Waals surface area contributed by atoms with Gasteiger partial charge in [0.1, 0.15) is 5.82 Å². The summed E-state index contributed by atoms with van der Waals surface area (Å²) in [6.45, 7) is 4.97. The molecule has 3 aromatic rings. The lowest BCUT2D eigenvalue weighted by Gasteiger charge is -2.11. The smallest absolute Gasteiger partial charge is 0.273 e. The molecule has 1 fully saturated rings. The van der Waals surface area contributed by atoms with Crippen molar-refractivity contribution in [2.75, 3.05) is 13.2 Å². The van der Waals surface area contributed by atoms with Crippen molar-refractivity contribution in [1.29, 1.82) is 0 Å². The number of hydrogen-bond acceptors (Lipinski definition) is 7. The summed E-state index contributed by atoms with van der Waals surface area (Å²) in [6.07, 6.45) is 1.95. The van der Waals surface area contributed by atoms with Gasteiger partial charge in [-0.25, -0.2) is 19.0 Å². The Bertz CT molecular complexity index is 1050. The number of nitrogens with zero attached hydrogens (tertiary/aromatic N) is 5. The van der Waals surface area contributed by atoms with Gasteiger partial charge in [0.25, 0.3) is 5.91 Å². The second-order valence-electron chi connectivity index (χ2n) is 7.34. The molecule has 1 unspecified atom stereocenters. The molecule has 1 saturated heterocycles. The average Bonchev–Trinajstić information content (AvgIpc) is 3.40. The van der Waals surface area contributed by atoms with E-state index in [0.29, 0.717) is 28.8 Å². The van der Waals surface area contributed by atoms with E-state index in [1.165, 1.54) is 23.9 Å². The van der Waals surface area contributed by atoms with Gasteiger partial charge in [0.15, 0.2) is 10.9 Å². The summed E-state index contributed by atoms with van der Waals surface area (Å²) in [6, 6.07) is 7.79. The lowest BCUT2D eigenvalue weighted by molar-refractivity contribution is 0.0853. The Morgan fingerprint density at radius 2 is 2.00 bits per heavy atom. The van der Waals surface area contributed by atoms with E-state index in [1.807, 2.05) is 19.9 Å². The molecule has 0 radical (unpaired) electrons. The summed E-state index contributed by atoms with van der Waals surface area (Å²) < 4.78 is 20.5. The molecule has 8 nitrogen and oxygen atoms in total. The molecule has 3 heterocycles. The van der Waals surface area contributed by atoms with Gasteiger partial charge in [0.05, 0.1) is 17.5 Å². The van der Waals surface area contributed by atoms with E-state index in [9.17, 15) is 9.18 Å². The van der Waals surface area contributed by atoms with Crippen LogP contribution in [0.4, 0.5) is 4.39 Å². The number of aryl methyl sites for hydroxylation is 2. The third-order valence-corrected chi connectivity index (χ3v) is 5.72. The number of thioether (sulfide) groups is 1. The zero-order chi connectivity index (χ0) is 21.8. The maximum Gasteiger partial charge on any atom is 0.273 e. The standard InChI is InChI=1S/C21H23FN6O2S/c1-13-10-14(2)25-21(24-13)31-12-18-19(20(29)23-11-17-4-3-9-30-17)26-27-28(18)16-7-5-15(22)6-8-16/h5-8,10,17H,3-4,9,11-12H2,1-2H3,(H,23,29). The highest BCUT2D eigenvalue weighted by atomic mass is 32.2. The predicted octanol–water partition coefficient (Wildman–Crippen LogP) is 3.01. The maximum atomic E-state index is 13.4. The molecule has 1 N–H and O–H groups in total. The fraction of sp³-hybridized carbons (Fsp3) is 0.381. The zero-order valence-corrected chi connectivity index (χ0v) is 18.2. The average molecular weight is 443 g/mol. The van der Waals surface area contributed by atoms with E-state index in [2.05, 4.69) is 25.6 Å². The molecule has 162 valence electrons. The Kier molecular flexibility index (Phi) is 6.57. The van der Waals surface area contributed by atoms with E-state index in [4.69, 9.17) is 4.74 Å². The van der Waals surface area contributed by atoms with Crippen molar-refractivity contribution in [1.82, 2.24) is 30.3 Å². The molecule has 10 heteroatoms. The molecule has 0 aliphatic carbocycles. The van der Waals surface area contributed by atoms with E-state index in [1.54, 1.807) is 16.8 Å². The largest absolute Gasteiger partial charge is 0.376 e. The summed E-state index contributed by atoms with van der Waals surface area (Å²) in [7, 11) is 0. The molecule has 0 saturated carbocycles. The van der Waals surface area contributed by atoms with Gasteiger partial charge < -0.3 is 10.1 Å². The molecule has 2 aromatic heterocycles. The molecule has 1 aliphatic heterocycles. The second kappa shape index (κ2) is 9.52. The third-order valence-electron chi connectivity index (χ3n) is 4.86. The minimum atomic E-state index is -0.349. The van der Waals surface area contributed by atoms with E-state index in [-0.39, 0.29) is 23.5 Å². The number of ether oxygens (including phenoxy) is 1. The Labute approximate surface area is 183 Å². The SMILES string of the molecule is Cc1cc(C)nc(SCc2c(C(=O)NCC3CCCO3)nnn2-c2ccc(F)cc2)n1. The molecule has 1 aromatic carbocycles. The number of carbonyl (C=O) groups is 1. The summed E-state index contributed by atoms with van der Waals surface area (Å²) in [5.74, 6) is -0.297. The fourth-order valence-corrected chi connectivity index (χ4v) is 4.33. The lowest BCUT2D eigenvalue weighted by atomic mass is 10.2. The number of aromatic nitrogens is 5. The summed E-state index contributed by atoms with van der Waals surface area (Å²) >= 11 is 1.39. The number of benzene rings is 1. The van der Waals surface area contributed by atoms with Crippen molar-refractivity contribution in [3.8, 4) is 5.69 Å². The van der Waals surface area contributed by atoms with Crippen LogP contribution in [0.5, 0.6) is 0 Å². The molecule has 1 atom stereocenters. The normalized spacial score (nSPS) is 15.9. The first kappa shape index (κ1) is 21.4. The van der Waals surface area contributed by atoms with Crippen LogP contribution in [0.2, 0.25) is 0 Å². The van der Waals surface area contributed by atoms with Crippen molar-refractivity contribution in [2.24, 2.45) is 0 Å². The van der Waals surface area contributed by atoms with Crippen LogP contribution in [0.3, 0.4) is 0 Å². The topological polar surface area (TPSA) is 94.8 Å². The van der Waals surface area contributed by atoms with E-state index >= 15 is 0 Å². The Morgan fingerprint density at radius 3 is 2.68 bits per heavy atom. The number of nitrogens with one attached hydrogen (secondary N) is 1. The van der Waals surface area contributed by atoms with E-state index in [0.717, 1.165) is 30.8 Å². The van der Waals surface area contributed by atoms with Crippen LogP contribution in [0.1, 0.15) is 40.4 Å². The molecule has 0 spiro atoms. The van der Waals surface area contributed by atoms with Gasteiger partial charge in [-0.2, -0.15) is 0 Å². The van der Waals surface area contributed by atoms with Crippen LogP contribution in [0, 0.1) is 19.7 Å². The van der Waals surface area contributed by atoms with Gasteiger partial charge in [-0.15, -0.1) is 5.10 Å². The van der Waals surface area contributed by atoms with Crippen molar-refractivity contribution in [3.63, 3.8) is 0 Å². The van der Waals surface area contributed by atoms with Crippen molar-refractivity contribution >= 4 is 17.7 Å². The highest BCUT2D eigenvalue weighted by Crippen LogP contribution is 2.24. The number of amides is 1. The first-order valence-electron chi connectivity index (χ1n) is 10.0. The molecular weight excluding hydrogens is 419 g/mol. The monoisotopic (exact) mass is 442 g/mol. The molecule has 0 bridgehead atoms. The number of halogens is 1. The number of rotatable bonds is 7. The zero-order valence-electron chi connectivity index (χ0n) is 17.3. The molecule has 4 rings (SSSR count). The summed E-state index contributed by atoms with van der Waals surface area (Å²) in [4.78, 5) is 21.7. The van der Waals surface area contributed by atoms with Gasteiger partial charge in [-0.05, 0) is 57.0 Å². The van der Waals surface area contributed by atoms with Gasteiger partial charge in [-0.3, -0.25) is 4.79 Å². The molecular formula is C21H23FN6O2S.